The molecule has 3 aromatic carbocycles. The molecular weight excluding hydrogens is 520 g/mol. The lowest BCUT2D eigenvalue weighted by molar-refractivity contribution is 0.0973. The first-order chi connectivity index (χ1) is 18.9. The van der Waals surface area contributed by atoms with Crippen molar-refractivity contribution in [2.24, 2.45) is 0 Å². The van der Waals surface area contributed by atoms with E-state index in [9.17, 15) is 9.18 Å². The molecule has 1 amide bonds. The summed E-state index contributed by atoms with van der Waals surface area (Å²) in [6.45, 7) is 0.512. The molecule has 6 nitrogen and oxygen atoms in total. The third-order valence-corrected chi connectivity index (χ3v) is 7.63. The highest BCUT2D eigenvalue weighted by atomic mass is 32.1. The van der Waals surface area contributed by atoms with Crippen molar-refractivity contribution in [3.8, 4) is 22.6 Å². The van der Waals surface area contributed by atoms with Gasteiger partial charge >= 0.3 is 0 Å². The maximum Gasteiger partial charge on any atom is 0.274 e. The molecule has 198 valence electrons. The second-order valence-electron chi connectivity index (χ2n) is 9.44. The molecule has 0 bridgehead atoms. The van der Waals surface area contributed by atoms with Crippen LogP contribution in [0.4, 0.5) is 8.78 Å². The molecule has 39 heavy (non-hydrogen) atoms. The quantitative estimate of drug-likeness (QED) is 0.264. The van der Waals surface area contributed by atoms with Gasteiger partial charge in [-0.15, -0.1) is 0 Å². The minimum Gasteiger partial charge on any atom is -0.497 e. The first-order valence-electron chi connectivity index (χ1n) is 12.6. The van der Waals surface area contributed by atoms with Gasteiger partial charge in [-0.3, -0.25) is 9.20 Å². The molecule has 1 N–H and O–H groups in total. The Hall–Kier alpha value is -4.24. The van der Waals surface area contributed by atoms with Crippen LogP contribution in [0.2, 0.25) is 0 Å². The predicted octanol–water partition coefficient (Wildman–Crippen LogP) is 6.30. The lowest BCUT2D eigenvalue weighted by atomic mass is 9.97. The number of methoxy groups -OCH3 is 2. The number of carbonyl (C=O) groups is 1. The number of halogens is 2. The number of hydrogen-bond donors (Lipinski definition) is 1. The number of aryl methyl sites for hydroxylation is 2. The fourth-order valence-corrected chi connectivity index (χ4v) is 5.71. The van der Waals surface area contributed by atoms with Crippen molar-refractivity contribution in [3.63, 3.8) is 0 Å². The second-order valence-corrected chi connectivity index (χ2v) is 9.85. The average Bonchev–Trinajstić information content (AvgIpc) is 3.36. The zero-order valence-corrected chi connectivity index (χ0v) is 22.2. The summed E-state index contributed by atoms with van der Waals surface area (Å²) in [6.07, 6.45) is 2.32. The second kappa shape index (κ2) is 9.81. The summed E-state index contributed by atoms with van der Waals surface area (Å²) in [5.41, 5.74) is 4.71. The molecule has 0 atom stereocenters. The summed E-state index contributed by atoms with van der Waals surface area (Å²) in [5.74, 6) is -0.925. The van der Waals surface area contributed by atoms with Crippen LogP contribution in [-0.4, -0.2) is 34.1 Å². The van der Waals surface area contributed by atoms with Crippen LogP contribution < -0.4 is 14.8 Å². The molecule has 6 rings (SSSR count). The fourth-order valence-electron chi connectivity index (χ4n) is 5.49. The number of aromatic nitrogens is 2. The number of amides is 1. The average molecular weight is 546 g/mol. The Morgan fingerprint density at radius 2 is 1.59 bits per heavy atom. The molecule has 1 aliphatic heterocycles. The van der Waals surface area contributed by atoms with E-state index in [-0.39, 0.29) is 10.5 Å². The minimum atomic E-state index is -0.924. The molecule has 2 aromatic heterocycles. The molecule has 0 saturated carbocycles. The molecule has 1 aliphatic rings. The van der Waals surface area contributed by atoms with E-state index >= 15 is 4.39 Å². The van der Waals surface area contributed by atoms with Crippen molar-refractivity contribution in [1.29, 1.82) is 0 Å². The number of carbonyl (C=O) groups excluding carboxylic acids is 1. The smallest absolute Gasteiger partial charge is 0.274 e. The highest BCUT2D eigenvalue weighted by molar-refractivity contribution is 7.80. The molecule has 0 fully saturated rings. The number of ether oxygens (including phenoxy) is 2. The van der Waals surface area contributed by atoms with E-state index < -0.39 is 17.5 Å². The van der Waals surface area contributed by atoms with Gasteiger partial charge in [0.1, 0.15) is 33.3 Å². The summed E-state index contributed by atoms with van der Waals surface area (Å²) in [5, 5.41) is 2.88. The van der Waals surface area contributed by atoms with Gasteiger partial charge in [-0.1, -0.05) is 24.4 Å². The van der Waals surface area contributed by atoms with E-state index in [0.717, 1.165) is 35.6 Å². The van der Waals surface area contributed by atoms with E-state index in [1.165, 1.54) is 6.07 Å². The van der Waals surface area contributed by atoms with Crippen LogP contribution in [0.5, 0.6) is 11.5 Å². The number of imidazole rings is 1. The highest BCUT2D eigenvalue weighted by Gasteiger charge is 2.32. The summed E-state index contributed by atoms with van der Waals surface area (Å²) in [4.78, 5) is 14.3. The lowest BCUT2D eigenvalue weighted by Crippen LogP contribution is -2.31. The first kappa shape index (κ1) is 25.1. The van der Waals surface area contributed by atoms with Crippen LogP contribution in [0.3, 0.4) is 0 Å². The molecule has 0 unspecified atom stereocenters. The van der Waals surface area contributed by atoms with Gasteiger partial charge < -0.3 is 19.4 Å². The number of hydrogen-bond acceptors (Lipinski definition) is 4. The third-order valence-electron chi connectivity index (χ3n) is 7.29. The maximum atomic E-state index is 15.2. The van der Waals surface area contributed by atoms with Gasteiger partial charge in [-0.2, -0.15) is 0 Å². The van der Waals surface area contributed by atoms with Crippen molar-refractivity contribution in [1.82, 2.24) is 14.3 Å². The summed E-state index contributed by atoms with van der Waals surface area (Å²) in [7, 11) is 3.17. The largest absolute Gasteiger partial charge is 0.497 e. The summed E-state index contributed by atoms with van der Waals surface area (Å²) in [6, 6.07) is 17.2. The number of nitrogens with one attached hydrogen (secondary N) is 1. The lowest BCUT2D eigenvalue weighted by Gasteiger charge is -2.12. The minimum absolute atomic E-state index is 0.154. The number of rotatable bonds is 5. The Morgan fingerprint density at radius 3 is 2.26 bits per heavy atom. The molecular formula is C30H25F2N3O3S. The van der Waals surface area contributed by atoms with Crippen LogP contribution in [0, 0.1) is 11.6 Å². The van der Waals surface area contributed by atoms with Gasteiger partial charge in [0.25, 0.3) is 5.91 Å². The summed E-state index contributed by atoms with van der Waals surface area (Å²) >= 11 is 5.59. The number of thiocarbonyl (C=S) groups is 1. The van der Waals surface area contributed by atoms with Crippen LogP contribution in [0.25, 0.3) is 27.8 Å². The molecule has 0 radical (unpaired) electrons. The monoisotopic (exact) mass is 545 g/mol. The maximum absolute atomic E-state index is 15.2. The van der Waals surface area contributed by atoms with E-state index in [2.05, 4.69) is 5.32 Å². The standard InChI is InChI=1S/C30H25F2N3O3S/c1-37-19-10-6-17(7-11-19)24-21-5-3-4-16-34-26-23(15-14-22(31)25(26)32)35(30(21)34)27(24)28(36)33-29(39)18-8-12-20(38-2)13-9-18/h6-15H,3-5,16H2,1-2H3,(H,33,36,39). The van der Waals surface area contributed by atoms with Crippen molar-refractivity contribution >= 4 is 39.8 Å². The molecule has 0 spiro atoms. The van der Waals surface area contributed by atoms with Gasteiger partial charge in [0, 0.05) is 23.2 Å². The molecule has 5 aromatic rings. The Balaban J connectivity index is 1.59. The Kier molecular flexibility index (Phi) is 6.31. The van der Waals surface area contributed by atoms with Crippen LogP contribution >= 0.6 is 12.2 Å². The van der Waals surface area contributed by atoms with Gasteiger partial charge in [0.2, 0.25) is 0 Å². The Labute approximate surface area is 228 Å². The zero-order chi connectivity index (χ0) is 27.3. The van der Waals surface area contributed by atoms with Crippen molar-refractivity contribution in [3.05, 3.63) is 89.1 Å². The number of benzene rings is 3. The van der Waals surface area contributed by atoms with E-state index in [0.29, 0.717) is 46.9 Å². The normalized spacial score (nSPS) is 12.9. The van der Waals surface area contributed by atoms with Crippen molar-refractivity contribution in [2.45, 2.75) is 25.8 Å². The molecule has 3 heterocycles. The predicted molar refractivity (Wildman–Crippen MR) is 150 cm³/mol. The molecule has 9 heteroatoms. The van der Waals surface area contributed by atoms with E-state index in [4.69, 9.17) is 21.7 Å². The molecule has 0 aliphatic carbocycles. The third kappa shape index (κ3) is 4.04. The molecule has 0 saturated heterocycles. The van der Waals surface area contributed by atoms with Crippen LogP contribution in [0.15, 0.2) is 60.7 Å². The Bertz CT molecular complexity index is 1760. The van der Waals surface area contributed by atoms with Gasteiger partial charge in [-0.05, 0) is 73.4 Å². The number of nitrogens with zero attached hydrogens (tertiary/aromatic N) is 2. The van der Waals surface area contributed by atoms with Gasteiger partial charge in [0.15, 0.2) is 11.6 Å². The fraction of sp³-hybridized carbons (Fsp3) is 0.200. The Morgan fingerprint density at radius 1 is 0.923 bits per heavy atom. The topological polar surface area (TPSA) is 56.9 Å². The summed E-state index contributed by atoms with van der Waals surface area (Å²) < 4.78 is 43.7. The van der Waals surface area contributed by atoms with Crippen LogP contribution in [0.1, 0.15) is 34.5 Å². The van der Waals surface area contributed by atoms with Gasteiger partial charge in [-0.25, -0.2) is 8.78 Å². The van der Waals surface area contributed by atoms with Crippen LogP contribution in [-0.2, 0) is 13.0 Å². The first-order valence-corrected chi connectivity index (χ1v) is 13.0. The highest BCUT2D eigenvalue weighted by Crippen LogP contribution is 2.41. The SMILES string of the molecule is COc1ccc(C(=S)NC(=O)c2c(-c3ccc(OC)cc3)c3c4n(c5c(F)c(F)ccc5n24)CCCC3)cc1. The zero-order valence-electron chi connectivity index (χ0n) is 21.4. The van der Waals surface area contributed by atoms with Crippen molar-refractivity contribution in [2.75, 3.05) is 14.2 Å². The van der Waals surface area contributed by atoms with Gasteiger partial charge in [0.05, 0.1) is 19.7 Å². The van der Waals surface area contributed by atoms with E-state index in [1.807, 2.05) is 28.8 Å². The van der Waals surface area contributed by atoms with E-state index in [1.54, 1.807) is 42.9 Å². The van der Waals surface area contributed by atoms with Crippen molar-refractivity contribution < 1.29 is 23.0 Å². The number of fused-ring (bicyclic) bond motifs is 3.